The van der Waals surface area contributed by atoms with Crippen LogP contribution in [0.25, 0.3) is 12.2 Å². The van der Waals surface area contributed by atoms with E-state index in [0.29, 0.717) is 11.3 Å². The molecule has 1 aromatic carbocycles. The van der Waals surface area contributed by atoms with E-state index >= 15 is 0 Å². The van der Waals surface area contributed by atoms with Crippen molar-refractivity contribution >= 4 is 12.2 Å². The van der Waals surface area contributed by atoms with E-state index in [-0.39, 0.29) is 11.3 Å². The fraction of sp³-hybridized carbons (Fsp3) is 0.188. The third-order valence-electron chi connectivity index (χ3n) is 3.32. The van der Waals surface area contributed by atoms with Crippen LogP contribution in [0, 0.1) is 32.1 Å². The van der Waals surface area contributed by atoms with E-state index in [4.69, 9.17) is 5.26 Å². The highest BCUT2D eigenvalue weighted by Crippen LogP contribution is 2.24. The Bertz CT molecular complexity index is 803. The summed E-state index contributed by atoms with van der Waals surface area (Å²) in [5, 5.41) is 25.0. The third kappa shape index (κ3) is 2.84. The van der Waals surface area contributed by atoms with Gasteiger partial charge in [0.05, 0.1) is 5.69 Å². The van der Waals surface area contributed by atoms with Crippen LogP contribution in [-0.4, -0.2) is 15.3 Å². The topological polar surface area (TPSA) is 89.8 Å². The van der Waals surface area contributed by atoms with Gasteiger partial charge in [-0.3, -0.25) is 4.79 Å². The molecule has 2 aromatic rings. The van der Waals surface area contributed by atoms with Crippen LogP contribution in [0.3, 0.4) is 0 Å². The minimum atomic E-state index is -0.483. The SMILES string of the molecule is Cc1cc(/C=C/c2n[nH]c(=O)c(C#N)c2C)cc(C)c1O. The van der Waals surface area contributed by atoms with Crippen molar-refractivity contribution in [3.05, 3.63) is 56.0 Å². The number of aromatic amines is 1. The molecule has 106 valence electrons. The molecule has 0 atom stereocenters. The van der Waals surface area contributed by atoms with Crippen LogP contribution in [0.4, 0.5) is 0 Å². The fourth-order valence-electron chi connectivity index (χ4n) is 2.11. The van der Waals surface area contributed by atoms with Crippen molar-refractivity contribution in [1.29, 1.82) is 5.26 Å². The predicted octanol–water partition coefficient (Wildman–Crippen LogP) is 2.44. The summed E-state index contributed by atoms with van der Waals surface area (Å²) in [6.45, 7) is 5.35. The maximum atomic E-state index is 11.4. The first-order chi connectivity index (χ1) is 9.93. The maximum Gasteiger partial charge on any atom is 0.282 e. The maximum absolute atomic E-state index is 11.4. The van der Waals surface area contributed by atoms with Gasteiger partial charge in [-0.25, -0.2) is 5.10 Å². The molecule has 1 heterocycles. The van der Waals surface area contributed by atoms with Crippen molar-refractivity contribution in [3.63, 3.8) is 0 Å². The first-order valence-electron chi connectivity index (χ1n) is 6.41. The van der Waals surface area contributed by atoms with Crippen molar-refractivity contribution in [2.75, 3.05) is 0 Å². The Labute approximate surface area is 122 Å². The normalized spacial score (nSPS) is 10.8. The first kappa shape index (κ1) is 14.5. The van der Waals surface area contributed by atoms with Crippen LogP contribution >= 0.6 is 0 Å². The molecule has 5 nitrogen and oxygen atoms in total. The van der Waals surface area contributed by atoms with Gasteiger partial charge in [-0.05, 0) is 61.2 Å². The van der Waals surface area contributed by atoms with Crippen molar-refractivity contribution in [2.24, 2.45) is 0 Å². The quantitative estimate of drug-likeness (QED) is 0.884. The summed E-state index contributed by atoms with van der Waals surface area (Å²) in [5.41, 5.74) is 3.16. The molecule has 0 amide bonds. The third-order valence-corrected chi connectivity index (χ3v) is 3.32. The minimum Gasteiger partial charge on any atom is -0.507 e. The minimum absolute atomic E-state index is 0.0720. The van der Waals surface area contributed by atoms with Gasteiger partial charge in [-0.1, -0.05) is 6.08 Å². The first-order valence-corrected chi connectivity index (χ1v) is 6.41. The highest BCUT2D eigenvalue weighted by Gasteiger charge is 2.07. The number of aryl methyl sites for hydroxylation is 2. The summed E-state index contributed by atoms with van der Waals surface area (Å²) in [6.07, 6.45) is 3.56. The van der Waals surface area contributed by atoms with Gasteiger partial charge in [0, 0.05) is 0 Å². The van der Waals surface area contributed by atoms with E-state index in [0.717, 1.165) is 16.7 Å². The fourth-order valence-corrected chi connectivity index (χ4v) is 2.11. The number of aromatic hydroxyl groups is 1. The molecule has 2 N–H and O–H groups in total. The van der Waals surface area contributed by atoms with E-state index in [1.165, 1.54) is 0 Å². The van der Waals surface area contributed by atoms with Gasteiger partial charge in [0.1, 0.15) is 17.4 Å². The van der Waals surface area contributed by atoms with E-state index in [2.05, 4.69) is 10.2 Å². The molecule has 5 heteroatoms. The Kier molecular flexibility index (Phi) is 3.90. The van der Waals surface area contributed by atoms with Crippen LogP contribution in [0.5, 0.6) is 5.75 Å². The molecular weight excluding hydrogens is 266 g/mol. The number of nitrogens with one attached hydrogen (secondary N) is 1. The second-order valence-electron chi connectivity index (χ2n) is 4.89. The average molecular weight is 281 g/mol. The van der Waals surface area contributed by atoms with Gasteiger partial charge >= 0.3 is 0 Å². The van der Waals surface area contributed by atoms with E-state index in [9.17, 15) is 9.90 Å². The lowest BCUT2D eigenvalue weighted by molar-refractivity contribution is 0.467. The standard InChI is InChI=1S/C16H15N3O2/c1-9-6-12(7-10(2)15(9)20)4-5-14-11(3)13(8-17)16(21)19-18-14/h4-7,20H,1-3H3,(H,19,21)/b5-4+. The zero-order valence-corrected chi connectivity index (χ0v) is 12.1. The molecular formula is C16H15N3O2. The molecule has 0 fully saturated rings. The van der Waals surface area contributed by atoms with Crippen LogP contribution < -0.4 is 5.56 Å². The Balaban J connectivity index is 2.44. The number of phenolic OH excluding ortho intramolecular Hbond substituents is 1. The van der Waals surface area contributed by atoms with Crippen molar-refractivity contribution < 1.29 is 5.11 Å². The van der Waals surface area contributed by atoms with Gasteiger partial charge in [0.25, 0.3) is 5.56 Å². The summed E-state index contributed by atoms with van der Waals surface area (Å²) in [6, 6.07) is 5.58. The monoisotopic (exact) mass is 281 g/mol. The number of rotatable bonds is 2. The largest absolute Gasteiger partial charge is 0.507 e. The van der Waals surface area contributed by atoms with E-state index < -0.39 is 5.56 Å². The number of benzene rings is 1. The molecule has 0 saturated heterocycles. The number of phenols is 1. The number of nitrogens with zero attached hydrogens (tertiary/aromatic N) is 2. The van der Waals surface area contributed by atoms with Gasteiger partial charge in [-0.2, -0.15) is 10.4 Å². The zero-order chi connectivity index (χ0) is 15.6. The Morgan fingerprint density at radius 1 is 1.24 bits per heavy atom. The smallest absolute Gasteiger partial charge is 0.282 e. The van der Waals surface area contributed by atoms with Gasteiger partial charge in [0.15, 0.2) is 0 Å². The lowest BCUT2D eigenvalue weighted by Crippen LogP contribution is -2.15. The molecule has 2 rings (SSSR count). The summed E-state index contributed by atoms with van der Waals surface area (Å²) in [4.78, 5) is 11.4. The Morgan fingerprint density at radius 2 is 1.86 bits per heavy atom. The highest BCUT2D eigenvalue weighted by atomic mass is 16.3. The van der Waals surface area contributed by atoms with Crippen LogP contribution in [-0.2, 0) is 0 Å². The molecule has 0 saturated carbocycles. The summed E-state index contributed by atoms with van der Waals surface area (Å²) >= 11 is 0. The zero-order valence-electron chi connectivity index (χ0n) is 12.1. The molecule has 0 aliphatic carbocycles. The molecule has 0 unspecified atom stereocenters. The second-order valence-corrected chi connectivity index (χ2v) is 4.89. The van der Waals surface area contributed by atoms with Gasteiger partial charge < -0.3 is 5.11 Å². The molecule has 0 aliphatic heterocycles. The highest BCUT2D eigenvalue weighted by molar-refractivity contribution is 5.71. The molecule has 0 radical (unpaired) electrons. The van der Waals surface area contributed by atoms with Crippen LogP contribution in [0.15, 0.2) is 16.9 Å². The number of aromatic nitrogens is 2. The van der Waals surface area contributed by atoms with Crippen LogP contribution in [0.1, 0.15) is 33.5 Å². The molecule has 0 aliphatic rings. The van der Waals surface area contributed by atoms with Gasteiger partial charge in [-0.15, -0.1) is 0 Å². The number of hydrogen-bond acceptors (Lipinski definition) is 4. The lowest BCUT2D eigenvalue weighted by Gasteiger charge is -2.05. The second kappa shape index (κ2) is 5.63. The van der Waals surface area contributed by atoms with Crippen LogP contribution in [0.2, 0.25) is 0 Å². The average Bonchev–Trinajstić information content (AvgIpc) is 2.44. The Hall–Kier alpha value is -2.87. The van der Waals surface area contributed by atoms with E-state index in [1.54, 1.807) is 13.0 Å². The molecule has 0 bridgehead atoms. The summed E-state index contributed by atoms with van der Waals surface area (Å²) in [7, 11) is 0. The molecule has 0 spiro atoms. The summed E-state index contributed by atoms with van der Waals surface area (Å²) in [5.74, 6) is 0.289. The lowest BCUT2D eigenvalue weighted by atomic mass is 10.0. The molecule has 21 heavy (non-hydrogen) atoms. The summed E-state index contributed by atoms with van der Waals surface area (Å²) < 4.78 is 0. The number of nitriles is 1. The number of hydrogen-bond donors (Lipinski definition) is 2. The Morgan fingerprint density at radius 3 is 2.43 bits per heavy atom. The number of H-pyrrole nitrogens is 1. The molecule has 1 aromatic heterocycles. The van der Waals surface area contributed by atoms with E-state index in [1.807, 2.05) is 38.1 Å². The van der Waals surface area contributed by atoms with Gasteiger partial charge in [0.2, 0.25) is 0 Å². The van der Waals surface area contributed by atoms with Crippen molar-refractivity contribution in [2.45, 2.75) is 20.8 Å². The van der Waals surface area contributed by atoms with Crippen molar-refractivity contribution in [3.8, 4) is 11.8 Å². The van der Waals surface area contributed by atoms with Crippen molar-refractivity contribution in [1.82, 2.24) is 10.2 Å². The predicted molar refractivity (Wildman–Crippen MR) is 80.8 cm³/mol.